The molecule has 1 saturated heterocycles. The van der Waals surface area contributed by atoms with Gasteiger partial charge in [-0.05, 0) is 59.8 Å². The van der Waals surface area contributed by atoms with E-state index in [-0.39, 0.29) is 17.8 Å². The van der Waals surface area contributed by atoms with Gasteiger partial charge >= 0.3 is 0 Å². The van der Waals surface area contributed by atoms with Crippen LogP contribution in [0.3, 0.4) is 0 Å². The molecule has 0 saturated carbocycles. The Hall–Kier alpha value is -2.93. The summed E-state index contributed by atoms with van der Waals surface area (Å²) in [7, 11) is 1.53. The zero-order chi connectivity index (χ0) is 22.7. The van der Waals surface area contributed by atoms with Crippen LogP contribution in [0.1, 0.15) is 11.1 Å². The van der Waals surface area contributed by atoms with Crippen molar-refractivity contribution in [3.8, 4) is 11.5 Å². The van der Waals surface area contributed by atoms with Gasteiger partial charge in [0.2, 0.25) is 0 Å². The Morgan fingerprint density at radius 1 is 0.938 bits per heavy atom. The molecular weight excluding hydrogens is 469 g/mol. The van der Waals surface area contributed by atoms with Gasteiger partial charge in [0.25, 0.3) is 11.1 Å². The molecule has 162 valence electrons. The van der Waals surface area contributed by atoms with Crippen molar-refractivity contribution in [2.75, 3.05) is 12.0 Å². The van der Waals surface area contributed by atoms with E-state index in [1.54, 1.807) is 66.7 Å². The quantitative estimate of drug-likeness (QED) is 0.358. The summed E-state index contributed by atoms with van der Waals surface area (Å²) in [5, 5.41) is 0.695. The van der Waals surface area contributed by atoms with Crippen LogP contribution in [0.4, 0.5) is 10.5 Å². The zero-order valence-electron chi connectivity index (χ0n) is 16.9. The minimum atomic E-state index is -0.362. The highest BCUT2D eigenvalue weighted by Gasteiger charge is 2.36. The number of rotatable bonds is 6. The Labute approximate surface area is 199 Å². The molecular formula is C24H17Cl2NO4S. The van der Waals surface area contributed by atoms with Gasteiger partial charge in [0, 0.05) is 15.6 Å². The van der Waals surface area contributed by atoms with Gasteiger partial charge in [0.15, 0.2) is 11.5 Å². The Kier molecular flexibility index (Phi) is 6.74. The zero-order valence-corrected chi connectivity index (χ0v) is 19.2. The third kappa shape index (κ3) is 4.63. The van der Waals surface area contributed by atoms with E-state index in [1.165, 1.54) is 12.0 Å². The van der Waals surface area contributed by atoms with E-state index in [9.17, 15) is 9.59 Å². The van der Waals surface area contributed by atoms with Crippen LogP contribution >= 0.6 is 35.0 Å². The number of halogens is 2. The molecule has 0 radical (unpaired) electrons. The van der Waals surface area contributed by atoms with E-state index >= 15 is 0 Å². The molecule has 1 heterocycles. The first-order valence-electron chi connectivity index (χ1n) is 9.54. The predicted octanol–water partition coefficient (Wildman–Crippen LogP) is 6.82. The van der Waals surface area contributed by atoms with E-state index in [0.29, 0.717) is 43.3 Å². The number of nitrogens with zero attached hydrogens (tertiary/aromatic N) is 1. The molecule has 0 atom stereocenters. The number of anilines is 1. The van der Waals surface area contributed by atoms with Gasteiger partial charge in [-0.25, -0.2) is 4.90 Å². The average molecular weight is 486 g/mol. The summed E-state index contributed by atoms with van der Waals surface area (Å²) >= 11 is 13.3. The number of ether oxygens (including phenoxy) is 2. The number of hydrogen-bond acceptors (Lipinski definition) is 5. The van der Waals surface area contributed by atoms with E-state index in [2.05, 4.69) is 0 Å². The summed E-state index contributed by atoms with van der Waals surface area (Å²) < 4.78 is 11.3. The lowest BCUT2D eigenvalue weighted by Gasteiger charge is -2.13. The smallest absolute Gasteiger partial charge is 0.298 e. The van der Waals surface area contributed by atoms with Crippen LogP contribution in [-0.4, -0.2) is 18.3 Å². The number of para-hydroxylation sites is 1. The molecule has 0 bridgehead atoms. The van der Waals surface area contributed by atoms with Gasteiger partial charge in [0.05, 0.1) is 17.7 Å². The second-order valence-corrected chi connectivity index (χ2v) is 8.56. The molecule has 1 fully saturated rings. The third-order valence-corrected chi connectivity index (χ3v) is 6.31. The highest BCUT2D eigenvalue weighted by Crippen LogP contribution is 2.37. The first-order chi connectivity index (χ1) is 15.5. The van der Waals surface area contributed by atoms with Crippen molar-refractivity contribution in [3.63, 3.8) is 0 Å². The molecule has 5 nitrogen and oxygen atoms in total. The van der Waals surface area contributed by atoms with Gasteiger partial charge in [-0.1, -0.05) is 53.5 Å². The fourth-order valence-electron chi connectivity index (χ4n) is 3.13. The summed E-state index contributed by atoms with van der Waals surface area (Å²) in [5.74, 6) is 0.612. The fourth-order valence-corrected chi connectivity index (χ4v) is 4.48. The fraction of sp³-hybridized carbons (Fsp3) is 0.0833. The highest BCUT2D eigenvalue weighted by atomic mass is 35.5. The summed E-state index contributed by atoms with van der Waals surface area (Å²) in [4.78, 5) is 26.7. The SMILES string of the molecule is COc1cc(/C=C2/SC(=O)N(c3ccccc3)C2=O)ccc1OCc1c(Cl)cccc1Cl. The summed E-state index contributed by atoms with van der Waals surface area (Å²) in [5.41, 5.74) is 1.91. The lowest BCUT2D eigenvalue weighted by Crippen LogP contribution is -2.27. The summed E-state index contributed by atoms with van der Waals surface area (Å²) in [6.45, 7) is 0.171. The Morgan fingerprint density at radius 2 is 1.66 bits per heavy atom. The van der Waals surface area contributed by atoms with Gasteiger partial charge in [-0.3, -0.25) is 9.59 Å². The van der Waals surface area contributed by atoms with Crippen molar-refractivity contribution in [3.05, 3.63) is 92.8 Å². The standard InChI is InChI=1S/C24H17Cl2NO4S/c1-30-21-12-15(10-11-20(21)31-14-17-18(25)8-5-9-19(17)26)13-22-23(28)27(24(29)32-22)16-6-3-2-4-7-16/h2-13H,14H2,1H3/b22-13+. The van der Waals surface area contributed by atoms with Gasteiger partial charge in [0.1, 0.15) is 6.61 Å². The number of amides is 2. The van der Waals surface area contributed by atoms with Crippen LogP contribution in [0.2, 0.25) is 10.0 Å². The van der Waals surface area contributed by atoms with Crippen LogP contribution < -0.4 is 14.4 Å². The van der Waals surface area contributed by atoms with Crippen molar-refractivity contribution in [2.24, 2.45) is 0 Å². The van der Waals surface area contributed by atoms with E-state index < -0.39 is 0 Å². The lowest BCUT2D eigenvalue weighted by atomic mass is 10.1. The number of methoxy groups -OCH3 is 1. The van der Waals surface area contributed by atoms with Crippen molar-refractivity contribution in [2.45, 2.75) is 6.61 Å². The van der Waals surface area contributed by atoms with E-state index in [4.69, 9.17) is 32.7 Å². The maximum atomic E-state index is 12.8. The molecule has 3 aromatic carbocycles. The molecule has 3 aromatic rings. The van der Waals surface area contributed by atoms with Crippen LogP contribution in [0, 0.1) is 0 Å². The monoisotopic (exact) mass is 485 g/mol. The van der Waals surface area contributed by atoms with Gasteiger partial charge in [-0.2, -0.15) is 0 Å². The minimum Gasteiger partial charge on any atom is -0.493 e. The molecule has 2 amide bonds. The molecule has 1 aliphatic heterocycles. The number of thioether (sulfide) groups is 1. The van der Waals surface area contributed by atoms with Crippen molar-refractivity contribution < 1.29 is 19.1 Å². The van der Waals surface area contributed by atoms with Crippen molar-refractivity contribution in [1.29, 1.82) is 0 Å². The highest BCUT2D eigenvalue weighted by molar-refractivity contribution is 8.19. The first kappa shape index (κ1) is 22.3. The molecule has 1 aliphatic rings. The summed E-state index contributed by atoms with van der Waals surface area (Å²) in [6.07, 6.45) is 1.66. The molecule has 4 rings (SSSR count). The maximum absolute atomic E-state index is 12.8. The largest absolute Gasteiger partial charge is 0.493 e. The van der Waals surface area contributed by atoms with Crippen molar-refractivity contribution >= 4 is 57.9 Å². The molecule has 0 aliphatic carbocycles. The molecule has 0 spiro atoms. The van der Waals surface area contributed by atoms with Gasteiger partial charge < -0.3 is 9.47 Å². The predicted molar refractivity (Wildman–Crippen MR) is 129 cm³/mol. The summed E-state index contributed by atoms with van der Waals surface area (Å²) in [6, 6.07) is 19.3. The van der Waals surface area contributed by atoms with Crippen LogP contribution in [0.15, 0.2) is 71.6 Å². The topological polar surface area (TPSA) is 55.8 Å². The minimum absolute atomic E-state index is 0.171. The van der Waals surface area contributed by atoms with E-state index in [0.717, 1.165) is 11.8 Å². The normalized spacial score (nSPS) is 14.8. The number of hydrogen-bond donors (Lipinski definition) is 0. The Balaban J connectivity index is 1.55. The van der Waals surface area contributed by atoms with E-state index in [1.807, 2.05) is 6.07 Å². The third-order valence-electron chi connectivity index (χ3n) is 4.73. The number of carbonyl (C=O) groups excluding carboxylic acids is 2. The lowest BCUT2D eigenvalue weighted by molar-refractivity contribution is -0.113. The molecule has 8 heteroatoms. The van der Waals surface area contributed by atoms with Crippen LogP contribution in [0.5, 0.6) is 11.5 Å². The van der Waals surface area contributed by atoms with Crippen LogP contribution in [-0.2, 0) is 11.4 Å². The Bertz CT molecular complexity index is 1190. The second-order valence-electron chi connectivity index (χ2n) is 6.75. The first-order valence-corrected chi connectivity index (χ1v) is 11.1. The number of imide groups is 1. The second kappa shape index (κ2) is 9.69. The number of carbonyl (C=O) groups is 2. The molecule has 32 heavy (non-hydrogen) atoms. The van der Waals surface area contributed by atoms with Gasteiger partial charge in [-0.15, -0.1) is 0 Å². The Morgan fingerprint density at radius 3 is 2.34 bits per heavy atom. The molecule has 0 unspecified atom stereocenters. The van der Waals surface area contributed by atoms with Crippen molar-refractivity contribution in [1.82, 2.24) is 0 Å². The average Bonchev–Trinajstić information content (AvgIpc) is 3.07. The molecule has 0 aromatic heterocycles. The van der Waals surface area contributed by atoms with Crippen LogP contribution in [0.25, 0.3) is 6.08 Å². The molecule has 0 N–H and O–H groups in total. The number of benzene rings is 3. The maximum Gasteiger partial charge on any atom is 0.298 e.